The number of hydrogen-bond acceptors (Lipinski definition) is 2. The van der Waals surface area contributed by atoms with E-state index in [-0.39, 0.29) is 0 Å². The summed E-state index contributed by atoms with van der Waals surface area (Å²) in [7, 11) is 2.18. The fourth-order valence-corrected chi connectivity index (χ4v) is 3.64. The van der Waals surface area contributed by atoms with Crippen LogP contribution in [-0.2, 0) is 11.3 Å². The van der Waals surface area contributed by atoms with Crippen LogP contribution in [0.2, 0.25) is 0 Å². The predicted octanol–water partition coefficient (Wildman–Crippen LogP) is 4.60. The van der Waals surface area contributed by atoms with Crippen molar-refractivity contribution in [3.05, 3.63) is 35.9 Å². The molecule has 3 unspecified atom stereocenters. The van der Waals surface area contributed by atoms with Crippen molar-refractivity contribution in [2.45, 2.75) is 52.7 Å². The molecule has 124 valence electrons. The van der Waals surface area contributed by atoms with Gasteiger partial charge in [-0.25, -0.2) is 0 Å². The van der Waals surface area contributed by atoms with E-state index in [9.17, 15) is 0 Å². The second-order valence-electron chi connectivity index (χ2n) is 7.46. The van der Waals surface area contributed by atoms with E-state index in [1.165, 1.54) is 24.8 Å². The van der Waals surface area contributed by atoms with E-state index in [0.29, 0.717) is 6.10 Å². The standard InChI is InChI=1S/C20H33NO/c1-16(2)19-11-10-17(3)14-20(19)22-13-12-21(4)15-18-8-6-5-7-9-18/h5-9,16-17,19-20H,10-15H2,1-4H3. The third-order valence-electron chi connectivity index (χ3n) is 5.06. The van der Waals surface area contributed by atoms with Crippen LogP contribution in [0.1, 0.15) is 45.6 Å². The molecule has 1 aliphatic rings. The molecule has 0 saturated heterocycles. The van der Waals surface area contributed by atoms with Gasteiger partial charge in [0.05, 0.1) is 12.7 Å². The Morgan fingerprint density at radius 3 is 2.59 bits per heavy atom. The first kappa shape index (κ1) is 17.5. The minimum Gasteiger partial charge on any atom is -0.377 e. The van der Waals surface area contributed by atoms with Crippen molar-refractivity contribution < 1.29 is 4.74 Å². The third-order valence-corrected chi connectivity index (χ3v) is 5.06. The monoisotopic (exact) mass is 303 g/mol. The molecule has 2 heteroatoms. The molecule has 0 heterocycles. The summed E-state index contributed by atoms with van der Waals surface area (Å²) in [5.41, 5.74) is 1.37. The molecular formula is C20H33NO. The average molecular weight is 303 g/mol. The van der Waals surface area contributed by atoms with Crippen molar-refractivity contribution in [2.24, 2.45) is 17.8 Å². The number of likely N-dealkylation sites (N-methyl/N-ethyl adjacent to an activating group) is 1. The van der Waals surface area contributed by atoms with Crippen LogP contribution in [0.4, 0.5) is 0 Å². The molecule has 1 fully saturated rings. The second kappa shape index (κ2) is 8.69. The van der Waals surface area contributed by atoms with Gasteiger partial charge in [0, 0.05) is 13.1 Å². The number of ether oxygens (including phenoxy) is 1. The van der Waals surface area contributed by atoms with Crippen molar-refractivity contribution >= 4 is 0 Å². The normalized spacial score (nSPS) is 25.8. The second-order valence-corrected chi connectivity index (χ2v) is 7.46. The quantitative estimate of drug-likeness (QED) is 0.730. The van der Waals surface area contributed by atoms with Gasteiger partial charge >= 0.3 is 0 Å². The van der Waals surface area contributed by atoms with Crippen molar-refractivity contribution in [2.75, 3.05) is 20.2 Å². The molecule has 0 radical (unpaired) electrons. The highest BCUT2D eigenvalue weighted by Gasteiger charge is 2.31. The van der Waals surface area contributed by atoms with E-state index in [2.05, 4.69) is 63.1 Å². The molecule has 0 amide bonds. The molecule has 22 heavy (non-hydrogen) atoms. The van der Waals surface area contributed by atoms with E-state index in [1.807, 2.05) is 0 Å². The first-order chi connectivity index (χ1) is 10.6. The average Bonchev–Trinajstić information content (AvgIpc) is 2.48. The van der Waals surface area contributed by atoms with Crippen molar-refractivity contribution in [3.8, 4) is 0 Å². The fourth-order valence-electron chi connectivity index (χ4n) is 3.64. The zero-order chi connectivity index (χ0) is 15.9. The molecule has 1 aliphatic carbocycles. The van der Waals surface area contributed by atoms with Crippen LogP contribution in [-0.4, -0.2) is 31.2 Å². The maximum atomic E-state index is 6.29. The molecule has 0 N–H and O–H groups in total. The van der Waals surface area contributed by atoms with E-state index < -0.39 is 0 Å². The van der Waals surface area contributed by atoms with Crippen molar-refractivity contribution in [3.63, 3.8) is 0 Å². The Labute approximate surface area is 136 Å². The molecule has 1 aromatic rings. The molecular weight excluding hydrogens is 270 g/mol. The third kappa shape index (κ3) is 5.40. The maximum Gasteiger partial charge on any atom is 0.0608 e. The number of nitrogens with zero attached hydrogens (tertiary/aromatic N) is 1. The highest BCUT2D eigenvalue weighted by Crippen LogP contribution is 2.35. The molecule has 1 saturated carbocycles. The summed E-state index contributed by atoms with van der Waals surface area (Å²) in [4.78, 5) is 2.35. The van der Waals surface area contributed by atoms with Crippen LogP contribution in [0.15, 0.2) is 30.3 Å². The summed E-state index contributed by atoms with van der Waals surface area (Å²) in [5.74, 6) is 2.30. The summed E-state index contributed by atoms with van der Waals surface area (Å²) in [6.45, 7) is 9.92. The van der Waals surface area contributed by atoms with E-state index >= 15 is 0 Å². The molecule has 0 bridgehead atoms. The van der Waals surface area contributed by atoms with Gasteiger partial charge in [-0.1, -0.05) is 57.5 Å². The Hall–Kier alpha value is -0.860. The summed E-state index contributed by atoms with van der Waals surface area (Å²) < 4.78 is 6.29. The van der Waals surface area contributed by atoms with E-state index in [1.54, 1.807) is 0 Å². The Morgan fingerprint density at radius 2 is 1.91 bits per heavy atom. The predicted molar refractivity (Wildman–Crippen MR) is 93.9 cm³/mol. The van der Waals surface area contributed by atoms with Crippen LogP contribution in [0.25, 0.3) is 0 Å². The first-order valence-corrected chi connectivity index (χ1v) is 8.90. The largest absolute Gasteiger partial charge is 0.377 e. The van der Waals surface area contributed by atoms with Crippen LogP contribution >= 0.6 is 0 Å². The smallest absolute Gasteiger partial charge is 0.0608 e. The zero-order valence-corrected chi connectivity index (χ0v) is 14.8. The van der Waals surface area contributed by atoms with E-state index in [0.717, 1.165) is 37.5 Å². The van der Waals surface area contributed by atoms with Crippen LogP contribution in [0, 0.1) is 17.8 Å². The lowest BCUT2D eigenvalue weighted by Crippen LogP contribution is -2.36. The topological polar surface area (TPSA) is 12.5 Å². The van der Waals surface area contributed by atoms with Crippen molar-refractivity contribution in [1.29, 1.82) is 0 Å². The van der Waals surface area contributed by atoms with Gasteiger partial charge in [0.25, 0.3) is 0 Å². The Balaban J connectivity index is 1.74. The van der Waals surface area contributed by atoms with Crippen LogP contribution < -0.4 is 0 Å². The Kier molecular flexibility index (Phi) is 6.91. The lowest BCUT2D eigenvalue weighted by atomic mass is 9.75. The lowest BCUT2D eigenvalue weighted by Gasteiger charge is -2.37. The highest BCUT2D eigenvalue weighted by molar-refractivity contribution is 5.14. The Morgan fingerprint density at radius 1 is 1.18 bits per heavy atom. The molecule has 0 aliphatic heterocycles. The van der Waals surface area contributed by atoms with Crippen LogP contribution in [0.3, 0.4) is 0 Å². The molecule has 2 rings (SSSR count). The van der Waals surface area contributed by atoms with Gasteiger partial charge in [0.1, 0.15) is 0 Å². The fraction of sp³-hybridized carbons (Fsp3) is 0.700. The molecule has 2 nitrogen and oxygen atoms in total. The van der Waals surface area contributed by atoms with Crippen molar-refractivity contribution in [1.82, 2.24) is 4.90 Å². The van der Waals surface area contributed by atoms with Gasteiger partial charge < -0.3 is 4.74 Å². The Bertz CT molecular complexity index is 417. The summed E-state index contributed by atoms with van der Waals surface area (Å²) >= 11 is 0. The summed E-state index contributed by atoms with van der Waals surface area (Å²) in [6.07, 6.45) is 4.42. The molecule has 1 aromatic carbocycles. The van der Waals surface area contributed by atoms with Gasteiger partial charge in [-0.3, -0.25) is 4.90 Å². The zero-order valence-electron chi connectivity index (χ0n) is 14.8. The van der Waals surface area contributed by atoms with Crippen LogP contribution in [0.5, 0.6) is 0 Å². The summed E-state index contributed by atoms with van der Waals surface area (Å²) in [6, 6.07) is 10.7. The highest BCUT2D eigenvalue weighted by atomic mass is 16.5. The summed E-state index contributed by atoms with van der Waals surface area (Å²) in [5, 5.41) is 0. The maximum absolute atomic E-state index is 6.29. The minimum atomic E-state index is 0.467. The van der Waals surface area contributed by atoms with Gasteiger partial charge in [-0.15, -0.1) is 0 Å². The molecule has 3 atom stereocenters. The number of benzene rings is 1. The van der Waals surface area contributed by atoms with Gasteiger partial charge in [-0.2, -0.15) is 0 Å². The van der Waals surface area contributed by atoms with E-state index in [4.69, 9.17) is 4.74 Å². The number of hydrogen-bond donors (Lipinski definition) is 0. The number of rotatable bonds is 7. The molecule has 0 spiro atoms. The van der Waals surface area contributed by atoms with Gasteiger partial charge in [0.2, 0.25) is 0 Å². The first-order valence-electron chi connectivity index (χ1n) is 8.90. The lowest BCUT2D eigenvalue weighted by molar-refractivity contribution is -0.0432. The SMILES string of the molecule is CC1CCC(C(C)C)C(OCCN(C)Cc2ccccc2)C1. The molecule has 0 aromatic heterocycles. The minimum absolute atomic E-state index is 0.467. The van der Waals surface area contributed by atoms with Gasteiger partial charge in [0.15, 0.2) is 0 Å². The van der Waals surface area contributed by atoms with Gasteiger partial charge in [-0.05, 0) is 43.2 Å².